The number of alkyl halides is 13. The summed E-state index contributed by atoms with van der Waals surface area (Å²) < 4.78 is 173. The van der Waals surface area contributed by atoms with Crippen LogP contribution in [0, 0.1) is 0 Å². The second-order valence-corrected chi connectivity index (χ2v) is 3.62. The summed E-state index contributed by atoms with van der Waals surface area (Å²) in [6, 6.07) is -4.52. The van der Waals surface area contributed by atoms with Crippen molar-refractivity contribution >= 4 is 6.04 Å². The highest BCUT2D eigenvalue weighted by Gasteiger charge is 2.81. The Morgan fingerprint density at radius 1 is 0.625 bits per heavy atom. The Kier molecular flexibility index (Phi) is 5.51. The Balaban J connectivity index is 5.91. The average Bonchev–Trinajstić information content (AvgIpc) is 2.22. The van der Waals surface area contributed by atoms with Crippen LogP contribution in [0.25, 0.3) is 0 Å². The van der Waals surface area contributed by atoms with Crippen molar-refractivity contribution in [3.63, 3.8) is 0 Å². The van der Waals surface area contributed by atoms with Gasteiger partial charge in [-0.2, -0.15) is 48.3 Å². The second-order valence-electron chi connectivity index (χ2n) is 3.62. The SMILES string of the molecule is O=C(F)C(F)(OC(F)(F)C(F)(F)C(F)(F)OC(F)(F)F)C(F)(F)F. The second kappa shape index (κ2) is 5.85. The number of rotatable bonds is 6. The molecular formula is C7F14O3. The molecule has 1 atom stereocenters. The monoisotopic (exact) mass is 398 g/mol. The molecule has 0 N–H and O–H groups in total. The van der Waals surface area contributed by atoms with Crippen molar-refractivity contribution in [1.82, 2.24) is 0 Å². The predicted octanol–water partition coefficient (Wildman–Crippen LogP) is 4.08. The summed E-state index contributed by atoms with van der Waals surface area (Å²) in [6.07, 6.45) is -28.6. The van der Waals surface area contributed by atoms with Crippen LogP contribution in [0.15, 0.2) is 0 Å². The maximum Gasteiger partial charge on any atom is 0.527 e. The Morgan fingerprint density at radius 2 is 0.958 bits per heavy atom. The zero-order chi connectivity index (χ0) is 20.0. The van der Waals surface area contributed by atoms with E-state index in [2.05, 4.69) is 0 Å². The van der Waals surface area contributed by atoms with E-state index in [1.165, 1.54) is 9.47 Å². The van der Waals surface area contributed by atoms with E-state index in [0.717, 1.165) is 0 Å². The Bertz CT molecular complexity index is 478. The smallest absolute Gasteiger partial charge is 0.261 e. The largest absolute Gasteiger partial charge is 0.527 e. The van der Waals surface area contributed by atoms with Gasteiger partial charge in [0.25, 0.3) is 0 Å². The van der Waals surface area contributed by atoms with Crippen LogP contribution in [-0.2, 0) is 14.3 Å². The molecule has 0 saturated carbocycles. The molecule has 0 aromatic heterocycles. The molecule has 0 aliphatic heterocycles. The predicted molar refractivity (Wildman–Crippen MR) is 39.1 cm³/mol. The molecule has 0 radical (unpaired) electrons. The van der Waals surface area contributed by atoms with Gasteiger partial charge < -0.3 is 0 Å². The molecule has 0 aromatic carbocycles. The van der Waals surface area contributed by atoms with Gasteiger partial charge >= 0.3 is 42.6 Å². The lowest BCUT2D eigenvalue weighted by atomic mass is 10.2. The maximum atomic E-state index is 12.8. The number of ether oxygens (including phenoxy) is 2. The standard InChI is InChI=1S/C7F14O3/c8-1(22)2(9,4(12,13)14)23-5(15,16)3(10,11)6(17,18)24-7(19,20)21. The van der Waals surface area contributed by atoms with Crippen molar-refractivity contribution in [2.45, 2.75) is 36.5 Å². The van der Waals surface area contributed by atoms with Gasteiger partial charge in [-0.3, -0.25) is 9.53 Å². The zero-order valence-electron chi connectivity index (χ0n) is 10.0. The lowest BCUT2D eigenvalue weighted by molar-refractivity contribution is -0.523. The summed E-state index contributed by atoms with van der Waals surface area (Å²) in [6.45, 7) is 0. The highest BCUT2D eigenvalue weighted by Crippen LogP contribution is 2.52. The molecule has 0 spiro atoms. The van der Waals surface area contributed by atoms with E-state index < -0.39 is 42.6 Å². The molecule has 0 amide bonds. The van der Waals surface area contributed by atoms with Crippen molar-refractivity contribution in [3.05, 3.63) is 0 Å². The topological polar surface area (TPSA) is 35.5 Å². The minimum Gasteiger partial charge on any atom is -0.261 e. The lowest BCUT2D eigenvalue weighted by Gasteiger charge is -2.34. The zero-order valence-corrected chi connectivity index (χ0v) is 10.0. The molecule has 17 heteroatoms. The van der Waals surface area contributed by atoms with Crippen LogP contribution in [0.4, 0.5) is 61.5 Å². The summed E-state index contributed by atoms with van der Waals surface area (Å²) in [5.41, 5.74) is 0. The summed E-state index contributed by atoms with van der Waals surface area (Å²) in [7, 11) is 0. The van der Waals surface area contributed by atoms with Crippen LogP contribution < -0.4 is 0 Å². The van der Waals surface area contributed by atoms with Gasteiger partial charge in [-0.05, 0) is 0 Å². The first-order chi connectivity index (χ1) is 10.1. The number of hydrogen-bond acceptors (Lipinski definition) is 3. The molecule has 0 aliphatic carbocycles. The van der Waals surface area contributed by atoms with Crippen LogP contribution >= 0.6 is 0 Å². The average molecular weight is 398 g/mol. The molecule has 0 fully saturated rings. The van der Waals surface area contributed by atoms with Gasteiger partial charge in [0.05, 0.1) is 0 Å². The van der Waals surface area contributed by atoms with Crippen molar-refractivity contribution in [2.24, 2.45) is 0 Å². The van der Waals surface area contributed by atoms with Crippen LogP contribution in [0.2, 0.25) is 0 Å². The third-order valence-electron chi connectivity index (χ3n) is 1.86. The first kappa shape index (κ1) is 22.6. The molecule has 0 aromatic rings. The maximum absolute atomic E-state index is 12.8. The molecule has 144 valence electrons. The number of carbonyl (C=O) groups is 1. The highest BCUT2D eigenvalue weighted by molar-refractivity contribution is 5.77. The third kappa shape index (κ3) is 4.17. The van der Waals surface area contributed by atoms with Crippen molar-refractivity contribution in [3.8, 4) is 0 Å². The fourth-order valence-electron chi connectivity index (χ4n) is 0.829. The summed E-state index contributed by atoms with van der Waals surface area (Å²) in [5, 5.41) is 0. The van der Waals surface area contributed by atoms with Gasteiger partial charge in [0.1, 0.15) is 0 Å². The summed E-state index contributed by atoms with van der Waals surface area (Å²) >= 11 is 0. The van der Waals surface area contributed by atoms with E-state index in [1.807, 2.05) is 0 Å². The number of hydrogen-bond donors (Lipinski definition) is 0. The van der Waals surface area contributed by atoms with E-state index in [0.29, 0.717) is 0 Å². The Labute approximate surface area is 120 Å². The normalized spacial score (nSPS) is 17.6. The molecule has 1 unspecified atom stereocenters. The minimum atomic E-state index is -7.63. The lowest BCUT2D eigenvalue weighted by Crippen LogP contribution is -2.63. The van der Waals surface area contributed by atoms with E-state index in [9.17, 15) is 66.3 Å². The molecule has 0 bridgehead atoms. The van der Waals surface area contributed by atoms with Crippen LogP contribution in [0.1, 0.15) is 0 Å². The molecule has 3 nitrogen and oxygen atoms in total. The van der Waals surface area contributed by atoms with Gasteiger partial charge in [0.15, 0.2) is 0 Å². The highest BCUT2D eigenvalue weighted by atomic mass is 19.4. The fraction of sp³-hybridized carbons (Fsp3) is 0.857. The van der Waals surface area contributed by atoms with Gasteiger partial charge in [-0.1, -0.05) is 0 Å². The first-order valence-corrected chi connectivity index (χ1v) is 4.67. The molecule has 0 heterocycles. The Morgan fingerprint density at radius 3 is 1.21 bits per heavy atom. The summed E-state index contributed by atoms with van der Waals surface area (Å²) in [5.74, 6) is -14.5. The number of halogens is 14. The quantitative estimate of drug-likeness (QED) is 0.500. The van der Waals surface area contributed by atoms with Crippen molar-refractivity contribution in [1.29, 1.82) is 0 Å². The van der Waals surface area contributed by atoms with Gasteiger partial charge in [-0.15, -0.1) is 13.2 Å². The third-order valence-corrected chi connectivity index (χ3v) is 1.86. The van der Waals surface area contributed by atoms with Gasteiger partial charge in [-0.25, -0.2) is 4.74 Å². The van der Waals surface area contributed by atoms with E-state index in [-0.39, 0.29) is 0 Å². The van der Waals surface area contributed by atoms with Gasteiger partial charge in [0.2, 0.25) is 0 Å². The van der Waals surface area contributed by atoms with Crippen molar-refractivity contribution in [2.75, 3.05) is 0 Å². The molecule has 24 heavy (non-hydrogen) atoms. The Hall–Kier alpha value is -1.39. The van der Waals surface area contributed by atoms with Crippen LogP contribution in [-0.4, -0.2) is 42.6 Å². The molecule has 0 aliphatic rings. The van der Waals surface area contributed by atoms with E-state index in [1.54, 1.807) is 0 Å². The summed E-state index contributed by atoms with van der Waals surface area (Å²) in [4.78, 5) is 9.73. The minimum absolute atomic E-state index is 1.31. The van der Waals surface area contributed by atoms with Crippen LogP contribution in [0.5, 0.6) is 0 Å². The fourth-order valence-corrected chi connectivity index (χ4v) is 0.829. The number of carbonyl (C=O) groups excluding carboxylic acids is 1. The molecular weight excluding hydrogens is 398 g/mol. The molecule has 0 rings (SSSR count). The van der Waals surface area contributed by atoms with E-state index >= 15 is 0 Å². The van der Waals surface area contributed by atoms with Crippen LogP contribution in [0.3, 0.4) is 0 Å². The molecule has 0 saturated heterocycles. The first-order valence-electron chi connectivity index (χ1n) is 4.67. The van der Waals surface area contributed by atoms with E-state index in [4.69, 9.17) is 0 Å². The van der Waals surface area contributed by atoms with Gasteiger partial charge in [0, 0.05) is 0 Å². The van der Waals surface area contributed by atoms with Crippen molar-refractivity contribution < 1.29 is 75.7 Å².